The van der Waals surface area contributed by atoms with E-state index in [0.717, 1.165) is 16.9 Å². The Kier molecular flexibility index (Phi) is 6.32. The number of ether oxygens (including phenoxy) is 1. The minimum Gasteiger partial charge on any atom is -0.396 e. The first-order valence-electron chi connectivity index (χ1n) is 8.47. The molecule has 8 nitrogen and oxygen atoms in total. The highest BCUT2D eigenvalue weighted by atomic mass is 32.2. The zero-order valence-electron chi connectivity index (χ0n) is 15.3. The number of carbonyl (C=O) groups excluding carboxylic acids is 1. The van der Waals surface area contributed by atoms with Gasteiger partial charge in [-0.2, -0.15) is 8.42 Å². The number of imidazole rings is 1. The quantitative estimate of drug-likeness (QED) is 0.603. The maximum absolute atomic E-state index is 11.7. The topological polar surface area (TPSA) is 104 Å². The van der Waals surface area contributed by atoms with Crippen molar-refractivity contribution in [3.63, 3.8) is 0 Å². The van der Waals surface area contributed by atoms with E-state index in [0.29, 0.717) is 23.7 Å². The van der Waals surface area contributed by atoms with Crippen LogP contribution in [0.4, 0.5) is 4.79 Å². The van der Waals surface area contributed by atoms with Crippen LogP contribution in [-0.2, 0) is 23.5 Å². The zero-order valence-corrected chi connectivity index (χ0v) is 16.9. The van der Waals surface area contributed by atoms with Crippen LogP contribution in [0.5, 0.6) is 5.06 Å². The van der Waals surface area contributed by atoms with Crippen LogP contribution in [0.25, 0.3) is 11.3 Å². The number of rotatable bonds is 6. The highest BCUT2D eigenvalue weighted by Crippen LogP contribution is 2.38. The van der Waals surface area contributed by atoms with Crippen LogP contribution in [0.1, 0.15) is 24.3 Å². The summed E-state index contributed by atoms with van der Waals surface area (Å²) < 4.78 is 31.1. The van der Waals surface area contributed by atoms with E-state index in [-0.39, 0.29) is 5.06 Å². The monoisotopic (exact) mass is 418 g/mol. The summed E-state index contributed by atoms with van der Waals surface area (Å²) in [7, 11) is -2.86. The van der Waals surface area contributed by atoms with Crippen molar-refractivity contribution in [2.24, 2.45) is 10.3 Å². The molecule has 28 heavy (non-hydrogen) atoms. The van der Waals surface area contributed by atoms with E-state index in [2.05, 4.69) is 28.2 Å². The maximum atomic E-state index is 11.7. The van der Waals surface area contributed by atoms with Gasteiger partial charge in [-0.3, -0.25) is 4.98 Å². The summed E-state index contributed by atoms with van der Waals surface area (Å²) in [6.07, 6.45) is 6.68. The average Bonchev–Trinajstić information content (AvgIpc) is 3.24. The van der Waals surface area contributed by atoms with Crippen LogP contribution in [0.3, 0.4) is 0 Å². The summed E-state index contributed by atoms with van der Waals surface area (Å²) in [5.74, 6) is 0.416. The number of hydrogen-bond acceptors (Lipinski definition) is 7. The molecule has 0 saturated carbocycles. The van der Waals surface area contributed by atoms with E-state index in [1.54, 1.807) is 18.7 Å². The molecule has 0 aliphatic carbocycles. The molecule has 3 heterocycles. The predicted molar refractivity (Wildman–Crippen MR) is 105 cm³/mol. The van der Waals surface area contributed by atoms with Gasteiger partial charge in [0.1, 0.15) is 0 Å². The minimum atomic E-state index is -2.86. The summed E-state index contributed by atoms with van der Waals surface area (Å²) in [5.41, 5.74) is 2.26. The SMILES string of the molecule is CC(C)Cc1cc(-c2ccc(Cn3ccnc3)cn2)c(OC(=O)N=S(=O)=O)s1. The Bertz CT molecular complexity index is 1080. The van der Waals surface area contributed by atoms with Crippen LogP contribution in [-0.4, -0.2) is 29.0 Å². The van der Waals surface area contributed by atoms with Crippen LogP contribution >= 0.6 is 11.3 Å². The molecule has 0 aromatic carbocycles. The summed E-state index contributed by atoms with van der Waals surface area (Å²) in [6.45, 7) is 4.82. The normalized spacial score (nSPS) is 10.8. The highest BCUT2D eigenvalue weighted by molar-refractivity contribution is 7.62. The van der Waals surface area contributed by atoms with Crippen LogP contribution in [0, 0.1) is 5.92 Å². The summed E-state index contributed by atoms with van der Waals surface area (Å²) >= 11 is 1.29. The highest BCUT2D eigenvalue weighted by Gasteiger charge is 2.17. The van der Waals surface area contributed by atoms with Crippen molar-refractivity contribution < 1.29 is 17.9 Å². The fraction of sp³-hybridized carbons (Fsp3) is 0.278. The van der Waals surface area contributed by atoms with Crippen LogP contribution < -0.4 is 4.74 Å². The van der Waals surface area contributed by atoms with Crippen molar-refractivity contribution in [3.8, 4) is 16.3 Å². The lowest BCUT2D eigenvalue weighted by Gasteiger charge is -2.05. The smallest absolute Gasteiger partial charge is 0.396 e. The van der Waals surface area contributed by atoms with Crippen LogP contribution in [0.2, 0.25) is 0 Å². The van der Waals surface area contributed by atoms with Gasteiger partial charge in [-0.1, -0.05) is 24.3 Å². The molecule has 0 spiro atoms. The number of carbonyl (C=O) groups is 1. The Balaban J connectivity index is 1.88. The second kappa shape index (κ2) is 8.89. The van der Waals surface area contributed by atoms with E-state index in [4.69, 9.17) is 4.74 Å². The fourth-order valence-corrected chi connectivity index (χ4v) is 3.98. The Hall–Kier alpha value is -2.85. The molecule has 0 fully saturated rings. The molecule has 0 aliphatic rings. The Morgan fingerprint density at radius 3 is 2.79 bits per heavy atom. The van der Waals surface area contributed by atoms with E-state index >= 15 is 0 Å². The van der Waals surface area contributed by atoms with Gasteiger partial charge >= 0.3 is 16.6 Å². The van der Waals surface area contributed by atoms with Gasteiger partial charge in [0.15, 0.2) is 5.06 Å². The second-order valence-electron chi connectivity index (χ2n) is 6.47. The van der Waals surface area contributed by atoms with Gasteiger partial charge in [-0.05, 0) is 30.0 Å². The molecule has 0 N–H and O–H groups in total. The molecule has 3 aromatic heterocycles. The van der Waals surface area contributed by atoms with Gasteiger partial charge in [0.2, 0.25) is 0 Å². The number of pyridine rings is 1. The van der Waals surface area contributed by atoms with E-state index in [9.17, 15) is 13.2 Å². The molecule has 3 aromatic rings. The van der Waals surface area contributed by atoms with Crippen LogP contribution in [0.15, 0.2) is 47.5 Å². The average molecular weight is 419 g/mol. The van der Waals surface area contributed by atoms with Crippen molar-refractivity contribution in [1.29, 1.82) is 0 Å². The second-order valence-corrected chi connectivity index (χ2v) is 8.19. The third kappa shape index (κ3) is 5.33. The molecule has 0 atom stereocenters. The third-order valence-electron chi connectivity index (χ3n) is 3.71. The molecular formula is C18H18N4O4S2. The molecule has 10 heteroatoms. The van der Waals surface area contributed by atoms with Crippen molar-refractivity contribution in [3.05, 3.63) is 53.6 Å². The number of aromatic nitrogens is 3. The van der Waals surface area contributed by atoms with Crippen molar-refractivity contribution in [2.45, 2.75) is 26.8 Å². The lowest BCUT2D eigenvalue weighted by atomic mass is 10.1. The van der Waals surface area contributed by atoms with Crippen molar-refractivity contribution in [2.75, 3.05) is 0 Å². The summed E-state index contributed by atoms with van der Waals surface area (Å²) in [4.78, 5) is 21.2. The standard InChI is InChI=1S/C18H18N4O4S2/c1-12(2)7-14-8-15(17(27-14)26-18(23)21-28(24)25)16-4-3-13(9-20-16)10-22-6-5-19-11-22/h3-6,8-9,11-12H,7,10H2,1-2H3. The van der Waals surface area contributed by atoms with Crippen molar-refractivity contribution >= 4 is 27.9 Å². The molecule has 3 rings (SSSR count). The van der Waals surface area contributed by atoms with E-state index in [1.807, 2.05) is 29.0 Å². The number of amides is 1. The van der Waals surface area contributed by atoms with Gasteiger partial charge in [-0.15, -0.1) is 11.3 Å². The van der Waals surface area contributed by atoms with Crippen molar-refractivity contribution in [1.82, 2.24) is 14.5 Å². The fourth-order valence-electron chi connectivity index (χ4n) is 2.61. The molecule has 0 saturated heterocycles. The first kappa shape index (κ1) is 19.9. The molecule has 0 radical (unpaired) electrons. The molecule has 0 unspecified atom stereocenters. The van der Waals surface area contributed by atoms with Gasteiger partial charge in [-0.25, -0.2) is 9.78 Å². The largest absolute Gasteiger partial charge is 0.455 e. The first-order valence-corrected chi connectivity index (χ1v) is 10.3. The lowest BCUT2D eigenvalue weighted by Crippen LogP contribution is -2.01. The van der Waals surface area contributed by atoms with E-state index in [1.165, 1.54) is 11.3 Å². The molecule has 0 aliphatic heterocycles. The number of hydrogen-bond donors (Lipinski definition) is 0. The molecular weight excluding hydrogens is 400 g/mol. The number of thiophene rings is 1. The third-order valence-corrected chi connectivity index (χ3v) is 5.05. The van der Waals surface area contributed by atoms with E-state index < -0.39 is 16.6 Å². The molecule has 146 valence electrons. The Morgan fingerprint density at radius 2 is 2.18 bits per heavy atom. The summed E-state index contributed by atoms with van der Waals surface area (Å²) in [5, 5.41) is 0.282. The molecule has 0 bridgehead atoms. The Labute approximate surface area is 167 Å². The zero-order chi connectivity index (χ0) is 20.1. The van der Waals surface area contributed by atoms with Gasteiger partial charge in [0, 0.05) is 30.0 Å². The lowest BCUT2D eigenvalue weighted by molar-refractivity contribution is 0.213. The number of nitrogens with zero attached hydrogens (tertiary/aromatic N) is 4. The maximum Gasteiger partial charge on any atom is 0.455 e. The predicted octanol–water partition coefficient (Wildman–Crippen LogP) is 3.81. The molecule has 1 amide bonds. The van der Waals surface area contributed by atoms with Gasteiger partial charge in [0.05, 0.1) is 17.6 Å². The van der Waals surface area contributed by atoms with Gasteiger partial charge < -0.3 is 9.30 Å². The van der Waals surface area contributed by atoms with Gasteiger partial charge in [0.25, 0.3) is 0 Å². The first-order chi connectivity index (χ1) is 13.4. The Morgan fingerprint density at radius 1 is 1.36 bits per heavy atom. The minimum absolute atomic E-state index is 0.282. The summed E-state index contributed by atoms with van der Waals surface area (Å²) in [6, 6.07) is 5.69.